The van der Waals surface area contributed by atoms with E-state index in [4.69, 9.17) is 4.74 Å². The van der Waals surface area contributed by atoms with Crippen LogP contribution in [0.2, 0.25) is 6.82 Å². The van der Waals surface area contributed by atoms with Gasteiger partial charge in [-0.3, -0.25) is 0 Å². The lowest BCUT2D eigenvalue weighted by Crippen LogP contribution is -2.38. The van der Waals surface area contributed by atoms with E-state index in [0.717, 1.165) is 11.5 Å². The fourth-order valence-electron chi connectivity index (χ4n) is 2.38. The molecule has 0 atom stereocenters. The summed E-state index contributed by atoms with van der Waals surface area (Å²) in [5.41, 5.74) is 2.62. The molecule has 0 saturated heterocycles. The van der Waals surface area contributed by atoms with Gasteiger partial charge in [-0.1, -0.05) is 78.4 Å². The van der Waals surface area contributed by atoms with Crippen LogP contribution in [0.25, 0.3) is 0 Å². The zero-order chi connectivity index (χ0) is 14.5. The normalized spacial score (nSPS) is 10.1. The predicted octanol–water partition coefficient (Wildman–Crippen LogP) is 3.72. The predicted molar refractivity (Wildman–Crippen MR) is 90.3 cm³/mol. The van der Waals surface area contributed by atoms with E-state index >= 15 is 0 Å². The van der Waals surface area contributed by atoms with Crippen LogP contribution in [-0.2, 0) is 0 Å². The Bertz CT molecular complexity index is 678. The molecule has 1 nitrogen and oxygen atoms in total. The standard InChI is InChI=1S/C19H17BO/c1-20(16-8-4-2-5-9-16)17-12-14-19(15-13-17)21-18-10-6-3-7-11-18/h2-15H,1H3. The van der Waals surface area contributed by atoms with E-state index in [2.05, 4.69) is 43.2 Å². The lowest BCUT2D eigenvalue weighted by atomic mass is 9.43. The van der Waals surface area contributed by atoms with Crippen molar-refractivity contribution in [1.82, 2.24) is 0 Å². The Labute approximate surface area is 126 Å². The van der Waals surface area contributed by atoms with E-state index < -0.39 is 0 Å². The van der Waals surface area contributed by atoms with Crippen molar-refractivity contribution in [2.24, 2.45) is 0 Å². The van der Waals surface area contributed by atoms with Crippen LogP contribution in [0.15, 0.2) is 84.9 Å². The molecule has 2 heteroatoms. The summed E-state index contributed by atoms with van der Waals surface area (Å²) in [5.74, 6) is 1.73. The van der Waals surface area contributed by atoms with Gasteiger partial charge in [0, 0.05) is 0 Å². The van der Waals surface area contributed by atoms with Crippen molar-refractivity contribution < 1.29 is 4.74 Å². The van der Waals surface area contributed by atoms with Crippen LogP contribution in [0, 0.1) is 0 Å². The first-order valence-corrected chi connectivity index (χ1v) is 7.21. The molecule has 0 unspecified atom stereocenters. The monoisotopic (exact) mass is 272 g/mol. The second-order valence-electron chi connectivity index (χ2n) is 5.12. The second kappa shape index (κ2) is 6.32. The first-order valence-electron chi connectivity index (χ1n) is 7.21. The van der Waals surface area contributed by atoms with Gasteiger partial charge in [0.05, 0.1) is 0 Å². The molecule has 0 radical (unpaired) electrons. The average Bonchev–Trinajstić information content (AvgIpc) is 2.57. The van der Waals surface area contributed by atoms with Crippen LogP contribution in [0.1, 0.15) is 0 Å². The molecule has 102 valence electrons. The minimum atomic E-state index is 0.386. The summed E-state index contributed by atoms with van der Waals surface area (Å²) in [5, 5.41) is 0. The molecule has 0 saturated carbocycles. The SMILES string of the molecule is CB(c1ccccc1)c1ccc(Oc2ccccc2)cc1. The maximum absolute atomic E-state index is 5.82. The van der Waals surface area contributed by atoms with Gasteiger partial charge in [-0.05, 0) is 24.3 Å². The molecule has 0 spiro atoms. The van der Waals surface area contributed by atoms with E-state index in [-0.39, 0.29) is 0 Å². The molecule has 3 aromatic carbocycles. The maximum Gasteiger partial charge on any atom is 0.206 e. The van der Waals surface area contributed by atoms with Crippen molar-refractivity contribution in [3.8, 4) is 11.5 Å². The summed E-state index contributed by atoms with van der Waals surface area (Å²) >= 11 is 0. The fourth-order valence-corrected chi connectivity index (χ4v) is 2.38. The van der Waals surface area contributed by atoms with Crippen LogP contribution >= 0.6 is 0 Å². The largest absolute Gasteiger partial charge is 0.457 e. The number of ether oxygens (including phenoxy) is 1. The van der Waals surface area contributed by atoms with E-state index in [1.165, 1.54) is 10.9 Å². The molecule has 0 aromatic heterocycles. The number of hydrogen-bond donors (Lipinski definition) is 0. The van der Waals surface area contributed by atoms with Gasteiger partial charge >= 0.3 is 0 Å². The van der Waals surface area contributed by atoms with Crippen LogP contribution < -0.4 is 15.7 Å². The third-order valence-corrected chi connectivity index (χ3v) is 3.66. The molecule has 0 aliphatic rings. The highest BCUT2D eigenvalue weighted by Crippen LogP contribution is 2.19. The molecule has 0 fully saturated rings. The molecule has 0 N–H and O–H groups in total. The Balaban J connectivity index is 1.75. The van der Waals surface area contributed by atoms with Crippen molar-refractivity contribution in [2.45, 2.75) is 6.82 Å². The number of hydrogen-bond acceptors (Lipinski definition) is 1. The van der Waals surface area contributed by atoms with Crippen molar-refractivity contribution in [3.63, 3.8) is 0 Å². The molecule has 3 rings (SSSR count). The zero-order valence-electron chi connectivity index (χ0n) is 12.1. The minimum Gasteiger partial charge on any atom is -0.457 e. The van der Waals surface area contributed by atoms with E-state index in [0.29, 0.717) is 6.71 Å². The third-order valence-electron chi connectivity index (χ3n) is 3.66. The molecule has 0 aliphatic heterocycles. The first kappa shape index (κ1) is 13.5. The van der Waals surface area contributed by atoms with Gasteiger partial charge in [0.25, 0.3) is 0 Å². The van der Waals surface area contributed by atoms with Gasteiger partial charge in [0.1, 0.15) is 11.5 Å². The number of para-hydroxylation sites is 1. The van der Waals surface area contributed by atoms with Gasteiger partial charge in [-0.25, -0.2) is 0 Å². The van der Waals surface area contributed by atoms with Gasteiger partial charge in [-0.15, -0.1) is 0 Å². The lowest BCUT2D eigenvalue weighted by molar-refractivity contribution is 0.483. The van der Waals surface area contributed by atoms with E-state index in [1.807, 2.05) is 48.5 Å². The molecule has 3 aromatic rings. The first-order chi connectivity index (χ1) is 10.3. The third kappa shape index (κ3) is 3.35. The quantitative estimate of drug-likeness (QED) is 0.658. The topological polar surface area (TPSA) is 9.23 Å². The highest BCUT2D eigenvalue weighted by molar-refractivity contribution is 6.84. The summed E-state index contributed by atoms with van der Waals surface area (Å²) in [6.07, 6.45) is 0. The lowest BCUT2D eigenvalue weighted by Gasteiger charge is -2.10. The molecular formula is C19H17BO. The zero-order valence-corrected chi connectivity index (χ0v) is 12.1. The Kier molecular flexibility index (Phi) is 4.06. The number of benzene rings is 3. The summed E-state index contributed by atoms with van der Waals surface area (Å²) in [4.78, 5) is 0. The minimum absolute atomic E-state index is 0.386. The summed E-state index contributed by atoms with van der Waals surface area (Å²) in [6, 6.07) is 28.7. The highest BCUT2D eigenvalue weighted by atomic mass is 16.5. The van der Waals surface area contributed by atoms with E-state index in [1.54, 1.807) is 0 Å². The molecule has 0 bridgehead atoms. The maximum atomic E-state index is 5.82. The van der Waals surface area contributed by atoms with Gasteiger partial charge in [0.2, 0.25) is 6.71 Å². The Morgan fingerprint density at radius 1 is 0.571 bits per heavy atom. The Morgan fingerprint density at radius 2 is 1.05 bits per heavy atom. The van der Waals surface area contributed by atoms with Crippen molar-refractivity contribution in [3.05, 3.63) is 84.9 Å². The Morgan fingerprint density at radius 3 is 1.67 bits per heavy atom. The fraction of sp³-hybridized carbons (Fsp3) is 0.0526. The van der Waals surface area contributed by atoms with Crippen LogP contribution in [0.5, 0.6) is 11.5 Å². The molecular weight excluding hydrogens is 255 g/mol. The summed E-state index contributed by atoms with van der Waals surface area (Å²) < 4.78 is 5.82. The summed E-state index contributed by atoms with van der Waals surface area (Å²) in [7, 11) is 0. The van der Waals surface area contributed by atoms with Crippen LogP contribution in [-0.4, -0.2) is 6.71 Å². The summed E-state index contributed by atoms with van der Waals surface area (Å²) in [6.45, 7) is 2.61. The second-order valence-corrected chi connectivity index (χ2v) is 5.12. The number of rotatable bonds is 4. The van der Waals surface area contributed by atoms with Gasteiger partial charge < -0.3 is 4.74 Å². The van der Waals surface area contributed by atoms with Crippen molar-refractivity contribution in [1.29, 1.82) is 0 Å². The van der Waals surface area contributed by atoms with Gasteiger partial charge in [-0.2, -0.15) is 0 Å². The van der Waals surface area contributed by atoms with Crippen LogP contribution in [0.3, 0.4) is 0 Å². The highest BCUT2D eigenvalue weighted by Gasteiger charge is 2.12. The average molecular weight is 272 g/mol. The smallest absolute Gasteiger partial charge is 0.206 e. The molecule has 0 amide bonds. The van der Waals surface area contributed by atoms with Gasteiger partial charge in [0.15, 0.2) is 0 Å². The van der Waals surface area contributed by atoms with Crippen molar-refractivity contribution >= 4 is 17.6 Å². The molecule has 0 aliphatic carbocycles. The van der Waals surface area contributed by atoms with Crippen LogP contribution in [0.4, 0.5) is 0 Å². The molecule has 21 heavy (non-hydrogen) atoms. The van der Waals surface area contributed by atoms with Crippen molar-refractivity contribution in [2.75, 3.05) is 0 Å². The van der Waals surface area contributed by atoms with E-state index in [9.17, 15) is 0 Å². The molecule has 0 heterocycles. The Hall–Kier alpha value is -2.48.